The number of carbonyl (C=O) groups excluding carboxylic acids is 1. The lowest BCUT2D eigenvalue weighted by Crippen LogP contribution is -2.50. The molecule has 1 fully saturated rings. The van der Waals surface area contributed by atoms with Crippen molar-refractivity contribution < 1.29 is 18.7 Å². The van der Waals surface area contributed by atoms with Gasteiger partial charge in [-0.3, -0.25) is 14.2 Å². The molecular weight excluding hydrogens is 286 g/mol. The van der Waals surface area contributed by atoms with E-state index >= 15 is 0 Å². The predicted octanol–water partition coefficient (Wildman–Crippen LogP) is 0.148. The van der Waals surface area contributed by atoms with Crippen LogP contribution in [-0.2, 0) is 4.74 Å². The number of para-hydroxylation sites is 1. The molecule has 116 valence electrons. The monoisotopic (exact) mass is 304 g/mol. The van der Waals surface area contributed by atoms with E-state index in [2.05, 4.69) is 5.27 Å². The summed E-state index contributed by atoms with van der Waals surface area (Å²) in [5.74, 6) is -0.263. The summed E-state index contributed by atoms with van der Waals surface area (Å²) in [6, 6.07) is 8.70. The van der Waals surface area contributed by atoms with Crippen molar-refractivity contribution in [1.29, 1.82) is 0 Å². The van der Waals surface area contributed by atoms with Gasteiger partial charge in [-0.25, -0.2) is 4.79 Å². The van der Waals surface area contributed by atoms with Crippen LogP contribution >= 0.6 is 0 Å². The number of aromatic nitrogens is 2. The maximum Gasteiger partial charge on any atom is 0.438 e. The molecule has 22 heavy (non-hydrogen) atoms. The smallest absolute Gasteiger partial charge is 0.379 e. The van der Waals surface area contributed by atoms with Crippen LogP contribution in [0.1, 0.15) is 17.4 Å². The molecule has 1 atom stereocenters. The Morgan fingerprint density at radius 3 is 2.64 bits per heavy atom. The van der Waals surface area contributed by atoms with Crippen molar-refractivity contribution in [1.82, 2.24) is 10.2 Å². The molecule has 0 spiro atoms. The molecule has 0 aliphatic carbocycles. The van der Waals surface area contributed by atoms with E-state index in [4.69, 9.17) is 9.26 Å². The molecular formula is C15H18N3O4+. The van der Waals surface area contributed by atoms with Crippen LogP contribution in [0.3, 0.4) is 0 Å². The number of hydrogen-bond acceptors (Lipinski definition) is 5. The van der Waals surface area contributed by atoms with E-state index in [-0.39, 0.29) is 11.5 Å². The first-order valence-electron chi connectivity index (χ1n) is 7.23. The first-order valence-corrected chi connectivity index (χ1v) is 7.23. The summed E-state index contributed by atoms with van der Waals surface area (Å²) in [5.41, 5.74) is 0.0185. The fraction of sp³-hybridized carbons (Fsp3) is 0.400. The minimum atomic E-state index is -0.658. The van der Waals surface area contributed by atoms with Crippen LogP contribution in [0.4, 0.5) is 0 Å². The number of ketones is 1. The topological polar surface area (TPSA) is 79.4 Å². The number of ether oxygens (including phenoxy) is 1. The summed E-state index contributed by atoms with van der Waals surface area (Å²) >= 11 is 0. The summed E-state index contributed by atoms with van der Waals surface area (Å²) in [6.45, 7) is 4.34. The van der Waals surface area contributed by atoms with Gasteiger partial charge in [0, 0.05) is 25.2 Å². The van der Waals surface area contributed by atoms with Crippen LogP contribution in [0.25, 0.3) is 5.69 Å². The average molecular weight is 304 g/mol. The molecule has 1 aliphatic heterocycles. The fourth-order valence-corrected chi connectivity index (χ4v) is 2.57. The molecule has 2 heterocycles. The summed E-state index contributed by atoms with van der Waals surface area (Å²) < 4.78 is 11.5. The molecule has 1 aliphatic rings. The third-order valence-corrected chi connectivity index (χ3v) is 3.87. The quantitative estimate of drug-likeness (QED) is 0.642. The second kappa shape index (κ2) is 6.25. The van der Waals surface area contributed by atoms with Crippen molar-refractivity contribution in [2.45, 2.75) is 13.0 Å². The van der Waals surface area contributed by atoms with Gasteiger partial charge in [-0.2, -0.15) is 0 Å². The first-order chi connectivity index (χ1) is 10.7. The van der Waals surface area contributed by atoms with Crippen LogP contribution in [0.5, 0.6) is 0 Å². The molecule has 0 amide bonds. The van der Waals surface area contributed by atoms with Gasteiger partial charge in [0.1, 0.15) is 0 Å². The van der Waals surface area contributed by atoms with E-state index in [1.165, 1.54) is 4.68 Å². The molecule has 7 nitrogen and oxygen atoms in total. The summed E-state index contributed by atoms with van der Waals surface area (Å²) in [4.78, 5) is 26.7. The Hall–Kier alpha value is -2.25. The number of hydrogen-bond donors (Lipinski definition) is 1. The highest BCUT2D eigenvalue weighted by Gasteiger charge is 2.36. The number of rotatable bonds is 4. The van der Waals surface area contributed by atoms with E-state index in [0.29, 0.717) is 32.0 Å². The standard InChI is InChI=1S/C15H17N3O4/c1-11(17-7-9-21-10-8-17)14(19)13-15(20)22-16-18(13)12-5-3-2-4-6-12/h2-6,11H,7-10H2,1H3/p+1. The third-order valence-electron chi connectivity index (χ3n) is 3.87. The molecule has 1 aromatic heterocycles. The maximum absolute atomic E-state index is 12.7. The number of H-pyrrole nitrogens is 1. The Kier molecular flexibility index (Phi) is 4.17. The zero-order chi connectivity index (χ0) is 15.5. The number of nitrogens with zero attached hydrogens (tertiary/aromatic N) is 2. The Morgan fingerprint density at radius 1 is 1.27 bits per heavy atom. The molecule has 1 saturated heterocycles. The van der Waals surface area contributed by atoms with Crippen LogP contribution in [0.2, 0.25) is 0 Å². The minimum absolute atomic E-state index is 0.00481. The molecule has 0 saturated carbocycles. The van der Waals surface area contributed by atoms with Crippen molar-refractivity contribution in [3.8, 4) is 5.69 Å². The SMILES string of the molecule is CC(C(=O)c1c(=O)o[nH][n+]1-c1ccccc1)N1CCOCC1. The highest BCUT2D eigenvalue weighted by molar-refractivity contribution is 5.96. The normalized spacial score (nSPS) is 17.3. The van der Waals surface area contributed by atoms with Crippen LogP contribution < -0.4 is 10.3 Å². The third kappa shape index (κ3) is 2.72. The number of carbonyl (C=O) groups is 1. The second-order valence-corrected chi connectivity index (χ2v) is 5.19. The molecule has 2 aromatic rings. The van der Waals surface area contributed by atoms with Gasteiger partial charge in [-0.05, 0) is 16.9 Å². The predicted molar refractivity (Wildman–Crippen MR) is 77.0 cm³/mol. The molecule has 1 N–H and O–H groups in total. The summed E-state index contributed by atoms with van der Waals surface area (Å²) in [7, 11) is 0. The second-order valence-electron chi connectivity index (χ2n) is 5.19. The Labute approximate surface area is 127 Å². The summed E-state index contributed by atoms with van der Waals surface area (Å²) in [6.07, 6.45) is 0. The molecule has 1 unspecified atom stereocenters. The number of Topliss-reactive ketones (excluding diaryl/α,β-unsaturated/α-hetero) is 1. The van der Waals surface area contributed by atoms with E-state index in [1.807, 2.05) is 23.1 Å². The van der Waals surface area contributed by atoms with Gasteiger partial charge in [0.2, 0.25) is 5.69 Å². The van der Waals surface area contributed by atoms with E-state index in [9.17, 15) is 9.59 Å². The van der Waals surface area contributed by atoms with Crippen molar-refractivity contribution in [3.63, 3.8) is 0 Å². The lowest BCUT2D eigenvalue weighted by Gasteiger charge is -2.30. The summed E-state index contributed by atoms with van der Waals surface area (Å²) in [5, 5.41) is 2.49. The lowest BCUT2D eigenvalue weighted by atomic mass is 10.1. The number of benzene rings is 1. The van der Waals surface area contributed by atoms with Gasteiger partial charge < -0.3 is 4.74 Å². The maximum atomic E-state index is 12.7. The Bertz CT molecular complexity index is 701. The molecule has 3 rings (SSSR count). The number of nitrogens with one attached hydrogen (secondary N) is 1. The van der Waals surface area contributed by atoms with Gasteiger partial charge in [0.15, 0.2) is 0 Å². The number of aromatic amines is 1. The molecule has 0 bridgehead atoms. The van der Waals surface area contributed by atoms with Crippen molar-refractivity contribution in [3.05, 3.63) is 46.4 Å². The molecule has 0 radical (unpaired) electrons. The lowest BCUT2D eigenvalue weighted by molar-refractivity contribution is -0.672. The Morgan fingerprint density at radius 2 is 1.95 bits per heavy atom. The minimum Gasteiger partial charge on any atom is -0.379 e. The van der Waals surface area contributed by atoms with Crippen LogP contribution in [0.15, 0.2) is 39.6 Å². The first kappa shape index (κ1) is 14.7. The zero-order valence-corrected chi connectivity index (χ0v) is 12.3. The van der Waals surface area contributed by atoms with Crippen molar-refractivity contribution in [2.75, 3.05) is 26.3 Å². The fourth-order valence-electron chi connectivity index (χ4n) is 2.57. The number of morpholine rings is 1. The Balaban J connectivity index is 1.92. The van der Waals surface area contributed by atoms with Gasteiger partial charge >= 0.3 is 11.3 Å². The van der Waals surface area contributed by atoms with E-state index in [0.717, 1.165) is 0 Å². The van der Waals surface area contributed by atoms with Gasteiger partial charge in [-0.15, -0.1) is 0 Å². The highest BCUT2D eigenvalue weighted by atomic mass is 16.5. The zero-order valence-electron chi connectivity index (χ0n) is 12.3. The van der Waals surface area contributed by atoms with Crippen LogP contribution in [-0.4, -0.2) is 48.3 Å². The van der Waals surface area contributed by atoms with E-state index < -0.39 is 11.7 Å². The van der Waals surface area contributed by atoms with Gasteiger partial charge in [0.05, 0.1) is 19.3 Å². The average Bonchev–Trinajstić information content (AvgIpc) is 2.96. The van der Waals surface area contributed by atoms with Gasteiger partial charge in [-0.1, -0.05) is 18.2 Å². The van der Waals surface area contributed by atoms with E-state index in [1.54, 1.807) is 19.1 Å². The van der Waals surface area contributed by atoms with Crippen LogP contribution in [0, 0.1) is 0 Å². The largest absolute Gasteiger partial charge is 0.438 e. The highest BCUT2D eigenvalue weighted by Crippen LogP contribution is 2.08. The van der Waals surface area contributed by atoms with Crippen molar-refractivity contribution >= 4 is 5.78 Å². The van der Waals surface area contributed by atoms with Gasteiger partial charge in [0.25, 0.3) is 5.78 Å². The van der Waals surface area contributed by atoms with Crippen molar-refractivity contribution in [2.24, 2.45) is 0 Å². The molecule has 1 aromatic carbocycles. The molecule has 7 heteroatoms.